The maximum absolute atomic E-state index is 11.8. The van der Waals surface area contributed by atoms with E-state index in [1.54, 1.807) is 11.8 Å². The highest BCUT2D eigenvalue weighted by Crippen LogP contribution is 2.21. The topological polar surface area (TPSA) is 39.2 Å². The predicted molar refractivity (Wildman–Crippen MR) is 74.5 cm³/mol. The molecule has 0 spiro atoms. The molecule has 0 saturated carbocycles. The van der Waals surface area contributed by atoms with Crippen molar-refractivity contribution in [2.45, 2.75) is 38.9 Å². The molecule has 0 radical (unpaired) electrons. The van der Waals surface area contributed by atoms with Crippen LogP contribution in [0.25, 0.3) is 0 Å². The van der Waals surface area contributed by atoms with Crippen LogP contribution in [0.15, 0.2) is 17.3 Å². The number of amides is 1. The molecule has 1 atom stereocenters. The number of hydrogen-bond acceptors (Lipinski definition) is 4. The van der Waals surface area contributed by atoms with E-state index in [4.69, 9.17) is 4.99 Å². The van der Waals surface area contributed by atoms with Crippen molar-refractivity contribution in [3.63, 3.8) is 0 Å². The standard InChI is InChI=1S/C14H22N4O/c1-12(19)18-11-6-13(16-7-2-3-8-16)15-14(18)17-9-4-5-10-17/h6,11,14H,2-5,7-10H2,1H3. The van der Waals surface area contributed by atoms with Gasteiger partial charge in [0.2, 0.25) is 5.91 Å². The van der Waals surface area contributed by atoms with Crippen LogP contribution in [-0.2, 0) is 4.79 Å². The molecule has 1 unspecified atom stereocenters. The maximum atomic E-state index is 11.8. The van der Waals surface area contributed by atoms with Crippen LogP contribution in [0.4, 0.5) is 0 Å². The van der Waals surface area contributed by atoms with Crippen molar-refractivity contribution in [2.24, 2.45) is 4.99 Å². The van der Waals surface area contributed by atoms with Crippen molar-refractivity contribution < 1.29 is 4.79 Å². The molecule has 3 aliphatic heterocycles. The summed E-state index contributed by atoms with van der Waals surface area (Å²) in [6, 6.07) is 0. The van der Waals surface area contributed by atoms with Gasteiger partial charge in [0.15, 0.2) is 6.29 Å². The van der Waals surface area contributed by atoms with E-state index < -0.39 is 0 Å². The summed E-state index contributed by atoms with van der Waals surface area (Å²) in [4.78, 5) is 23.0. The fourth-order valence-corrected chi connectivity index (χ4v) is 3.08. The van der Waals surface area contributed by atoms with Crippen molar-refractivity contribution >= 4 is 11.7 Å². The van der Waals surface area contributed by atoms with Gasteiger partial charge in [-0.15, -0.1) is 0 Å². The Kier molecular flexibility index (Phi) is 3.55. The number of rotatable bonds is 1. The number of nitrogens with zero attached hydrogens (tertiary/aromatic N) is 4. The second-order valence-corrected chi connectivity index (χ2v) is 5.51. The van der Waals surface area contributed by atoms with E-state index in [9.17, 15) is 4.79 Å². The van der Waals surface area contributed by atoms with Gasteiger partial charge in [-0.25, -0.2) is 4.99 Å². The summed E-state index contributed by atoms with van der Waals surface area (Å²) >= 11 is 0. The minimum absolute atomic E-state index is 0.0670. The number of hydrogen-bond donors (Lipinski definition) is 0. The van der Waals surface area contributed by atoms with Crippen molar-refractivity contribution in [3.05, 3.63) is 12.3 Å². The smallest absolute Gasteiger partial charge is 0.226 e. The van der Waals surface area contributed by atoms with Crippen LogP contribution >= 0.6 is 0 Å². The molecule has 3 aliphatic rings. The molecule has 104 valence electrons. The summed E-state index contributed by atoms with van der Waals surface area (Å²) in [5, 5.41) is 0. The van der Waals surface area contributed by atoms with Gasteiger partial charge >= 0.3 is 0 Å². The maximum Gasteiger partial charge on any atom is 0.226 e. The Morgan fingerprint density at radius 3 is 2.42 bits per heavy atom. The fourth-order valence-electron chi connectivity index (χ4n) is 3.08. The Morgan fingerprint density at radius 2 is 1.79 bits per heavy atom. The molecule has 2 fully saturated rings. The third-order valence-corrected chi connectivity index (χ3v) is 4.14. The van der Waals surface area contributed by atoms with Gasteiger partial charge in [0.25, 0.3) is 0 Å². The Morgan fingerprint density at radius 1 is 1.16 bits per heavy atom. The minimum Gasteiger partial charge on any atom is -0.357 e. The fraction of sp³-hybridized carbons (Fsp3) is 0.714. The minimum atomic E-state index is -0.124. The van der Waals surface area contributed by atoms with Crippen molar-refractivity contribution in [2.75, 3.05) is 26.2 Å². The van der Waals surface area contributed by atoms with E-state index >= 15 is 0 Å². The summed E-state index contributed by atoms with van der Waals surface area (Å²) in [6.07, 6.45) is 8.68. The number of likely N-dealkylation sites (tertiary alicyclic amines) is 2. The molecule has 0 aromatic heterocycles. The molecular formula is C14H22N4O. The molecule has 5 heteroatoms. The summed E-state index contributed by atoms with van der Waals surface area (Å²) in [5.74, 6) is 1.12. The summed E-state index contributed by atoms with van der Waals surface area (Å²) in [5.41, 5.74) is 0. The Bertz CT molecular complexity index is 406. The lowest BCUT2D eigenvalue weighted by Gasteiger charge is -2.36. The Labute approximate surface area is 114 Å². The van der Waals surface area contributed by atoms with Gasteiger partial charge in [0.1, 0.15) is 5.84 Å². The second kappa shape index (κ2) is 5.33. The van der Waals surface area contributed by atoms with Crippen LogP contribution in [0.5, 0.6) is 0 Å². The molecule has 0 aromatic rings. The van der Waals surface area contributed by atoms with E-state index in [1.807, 2.05) is 12.3 Å². The zero-order valence-electron chi connectivity index (χ0n) is 11.6. The summed E-state index contributed by atoms with van der Waals surface area (Å²) in [7, 11) is 0. The van der Waals surface area contributed by atoms with Gasteiger partial charge in [-0.05, 0) is 31.8 Å². The molecule has 5 nitrogen and oxygen atoms in total. The zero-order valence-corrected chi connectivity index (χ0v) is 11.6. The monoisotopic (exact) mass is 262 g/mol. The first kappa shape index (κ1) is 12.7. The van der Waals surface area contributed by atoms with E-state index in [2.05, 4.69) is 9.80 Å². The van der Waals surface area contributed by atoms with E-state index in [1.165, 1.54) is 25.7 Å². The molecule has 0 aromatic carbocycles. The first-order chi connectivity index (χ1) is 9.25. The lowest BCUT2D eigenvalue weighted by atomic mass is 10.3. The molecular weight excluding hydrogens is 240 g/mol. The molecule has 2 saturated heterocycles. The first-order valence-corrected chi connectivity index (χ1v) is 7.29. The van der Waals surface area contributed by atoms with Crippen LogP contribution in [-0.4, -0.2) is 58.9 Å². The average Bonchev–Trinajstić information content (AvgIpc) is 3.11. The van der Waals surface area contributed by atoms with Gasteiger partial charge < -0.3 is 4.90 Å². The van der Waals surface area contributed by atoms with Crippen LogP contribution in [0, 0.1) is 0 Å². The molecule has 1 amide bonds. The average molecular weight is 262 g/mol. The molecule has 3 rings (SSSR count). The van der Waals surface area contributed by atoms with E-state index in [0.717, 1.165) is 32.0 Å². The summed E-state index contributed by atoms with van der Waals surface area (Å²) in [6.45, 7) is 5.88. The van der Waals surface area contributed by atoms with E-state index in [0.29, 0.717) is 0 Å². The first-order valence-electron chi connectivity index (χ1n) is 7.29. The van der Waals surface area contributed by atoms with Crippen molar-refractivity contribution in [3.8, 4) is 0 Å². The highest BCUT2D eigenvalue weighted by atomic mass is 16.2. The van der Waals surface area contributed by atoms with Crippen molar-refractivity contribution in [1.82, 2.24) is 14.7 Å². The molecule has 3 heterocycles. The Hall–Kier alpha value is -1.36. The highest BCUT2D eigenvalue weighted by molar-refractivity contribution is 5.94. The Balaban J connectivity index is 1.81. The van der Waals surface area contributed by atoms with Gasteiger partial charge in [-0.3, -0.25) is 14.6 Å². The lowest BCUT2D eigenvalue weighted by Crippen LogP contribution is -2.48. The SMILES string of the molecule is CC(=O)N1C=CC(N2CCCC2)=NC1N1CCCC1. The molecule has 0 bridgehead atoms. The largest absolute Gasteiger partial charge is 0.357 e. The number of carbonyl (C=O) groups is 1. The number of carbonyl (C=O) groups excluding carboxylic acids is 1. The molecule has 0 N–H and O–H groups in total. The third kappa shape index (κ3) is 2.52. The van der Waals surface area contributed by atoms with Gasteiger partial charge in [0.05, 0.1) is 0 Å². The molecule has 0 aliphatic carbocycles. The predicted octanol–water partition coefficient (Wildman–Crippen LogP) is 1.24. The van der Waals surface area contributed by atoms with Gasteiger partial charge in [-0.2, -0.15) is 0 Å². The number of amidine groups is 1. The third-order valence-electron chi connectivity index (χ3n) is 4.14. The quantitative estimate of drug-likeness (QED) is 0.713. The van der Waals surface area contributed by atoms with Crippen LogP contribution in [0.1, 0.15) is 32.6 Å². The van der Waals surface area contributed by atoms with Crippen LogP contribution in [0.3, 0.4) is 0 Å². The number of aliphatic imine (C=N–C) groups is 1. The normalized spacial score (nSPS) is 28.1. The van der Waals surface area contributed by atoms with Crippen LogP contribution < -0.4 is 0 Å². The van der Waals surface area contributed by atoms with Crippen LogP contribution in [0.2, 0.25) is 0 Å². The summed E-state index contributed by atoms with van der Waals surface area (Å²) < 4.78 is 0. The van der Waals surface area contributed by atoms with E-state index in [-0.39, 0.29) is 12.2 Å². The molecule has 19 heavy (non-hydrogen) atoms. The highest BCUT2D eigenvalue weighted by Gasteiger charge is 2.31. The zero-order chi connectivity index (χ0) is 13.2. The van der Waals surface area contributed by atoms with Crippen molar-refractivity contribution in [1.29, 1.82) is 0 Å². The van der Waals surface area contributed by atoms with Gasteiger partial charge in [0, 0.05) is 39.3 Å². The lowest BCUT2D eigenvalue weighted by molar-refractivity contribution is -0.131. The second-order valence-electron chi connectivity index (χ2n) is 5.51. The van der Waals surface area contributed by atoms with Gasteiger partial charge in [-0.1, -0.05) is 0 Å².